The van der Waals surface area contributed by atoms with E-state index in [2.05, 4.69) is 15.1 Å². The number of hydrogen-bond donors (Lipinski definition) is 2. The molecular formula is C23H32N4O4. The summed E-state index contributed by atoms with van der Waals surface area (Å²) in [6.07, 6.45) is 2.16. The zero-order valence-electron chi connectivity index (χ0n) is 18.3. The van der Waals surface area contributed by atoms with Crippen LogP contribution in [0.25, 0.3) is 11.3 Å². The second kappa shape index (κ2) is 9.80. The van der Waals surface area contributed by atoms with Gasteiger partial charge in [-0.2, -0.15) is 5.10 Å². The van der Waals surface area contributed by atoms with Crippen LogP contribution < -0.4 is 4.74 Å². The molecule has 2 aromatic rings. The Hall–Kier alpha value is -2.42. The van der Waals surface area contributed by atoms with Crippen molar-refractivity contribution in [2.75, 3.05) is 40.0 Å². The van der Waals surface area contributed by atoms with Crippen molar-refractivity contribution >= 4 is 5.91 Å². The van der Waals surface area contributed by atoms with E-state index in [-0.39, 0.29) is 18.0 Å². The number of aliphatic hydroxyl groups is 1. The molecule has 2 fully saturated rings. The van der Waals surface area contributed by atoms with Crippen LogP contribution in [0.15, 0.2) is 30.3 Å². The van der Waals surface area contributed by atoms with Gasteiger partial charge in [0.15, 0.2) is 0 Å². The maximum absolute atomic E-state index is 13.1. The molecule has 1 amide bonds. The number of benzene rings is 1. The lowest BCUT2D eigenvalue weighted by Gasteiger charge is -2.45. The van der Waals surface area contributed by atoms with E-state index < -0.39 is 6.10 Å². The fourth-order valence-electron chi connectivity index (χ4n) is 4.67. The Bertz CT molecular complexity index is 863. The molecule has 1 saturated heterocycles. The fraction of sp³-hybridized carbons (Fsp3) is 0.565. The Morgan fingerprint density at radius 3 is 2.74 bits per heavy atom. The number of morpholine rings is 1. The zero-order valence-corrected chi connectivity index (χ0v) is 18.3. The molecule has 8 heteroatoms. The Balaban J connectivity index is 1.44. The smallest absolute Gasteiger partial charge is 0.271 e. The van der Waals surface area contributed by atoms with Crippen LogP contribution in [0, 0.1) is 0 Å². The van der Waals surface area contributed by atoms with E-state index in [9.17, 15) is 9.90 Å². The molecule has 8 nitrogen and oxygen atoms in total. The number of nitrogens with one attached hydrogen (secondary N) is 1. The van der Waals surface area contributed by atoms with Crippen LogP contribution in [-0.4, -0.2) is 89.2 Å². The third kappa shape index (κ3) is 4.76. The summed E-state index contributed by atoms with van der Waals surface area (Å²) >= 11 is 0. The lowest BCUT2D eigenvalue weighted by Crippen LogP contribution is -2.58. The maximum Gasteiger partial charge on any atom is 0.271 e. The third-order valence-electron chi connectivity index (χ3n) is 6.39. The zero-order chi connectivity index (χ0) is 21.8. The van der Waals surface area contributed by atoms with Crippen LogP contribution in [-0.2, 0) is 4.74 Å². The average Bonchev–Trinajstić information content (AvgIpc) is 3.30. The molecule has 1 aromatic heterocycles. The van der Waals surface area contributed by atoms with E-state index in [1.54, 1.807) is 18.0 Å². The second-order valence-electron chi connectivity index (χ2n) is 8.24. The van der Waals surface area contributed by atoms with E-state index in [0.717, 1.165) is 43.7 Å². The van der Waals surface area contributed by atoms with Crippen molar-refractivity contribution < 1.29 is 19.4 Å². The fourth-order valence-corrected chi connectivity index (χ4v) is 4.67. The highest BCUT2D eigenvalue weighted by atomic mass is 16.5. The van der Waals surface area contributed by atoms with E-state index in [4.69, 9.17) is 9.47 Å². The molecule has 2 aliphatic rings. The van der Waals surface area contributed by atoms with Crippen LogP contribution in [0.4, 0.5) is 0 Å². The van der Waals surface area contributed by atoms with Crippen molar-refractivity contribution in [1.82, 2.24) is 20.0 Å². The number of amides is 1. The van der Waals surface area contributed by atoms with E-state index >= 15 is 0 Å². The molecule has 0 radical (unpaired) electrons. The molecule has 2 heterocycles. The van der Waals surface area contributed by atoms with Crippen molar-refractivity contribution in [3.8, 4) is 17.0 Å². The number of aromatic nitrogens is 2. The summed E-state index contributed by atoms with van der Waals surface area (Å²) < 4.78 is 10.9. The van der Waals surface area contributed by atoms with Gasteiger partial charge in [-0.25, -0.2) is 0 Å². The van der Waals surface area contributed by atoms with Crippen molar-refractivity contribution in [1.29, 1.82) is 0 Å². The molecule has 1 saturated carbocycles. The second-order valence-corrected chi connectivity index (χ2v) is 8.24. The molecule has 0 bridgehead atoms. The van der Waals surface area contributed by atoms with Gasteiger partial charge in [-0.05, 0) is 56.5 Å². The van der Waals surface area contributed by atoms with Crippen molar-refractivity contribution in [3.05, 3.63) is 36.0 Å². The molecule has 1 aliphatic heterocycles. The number of carbonyl (C=O) groups excluding carboxylic acids is 1. The minimum Gasteiger partial charge on any atom is -0.494 e. The number of rotatable bonds is 6. The molecule has 0 unspecified atom stereocenters. The van der Waals surface area contributed by atoms with Gasteiger partial charge in [0.25, 0.3) is 5.91 Å². The number of likely N-dealkylation sites (N-methyl/N-ethyl adjacent to an activating group) is 1. The summed E-state index contributed by atoms with van der Waals surface area (Å²) in [7, 11) is 1.77. The number of aliphatic hydroxyl groups excluding tert-OH is 1. The van der Waals surface area contributed by atoms with Gasteiger partial charge >= 0.3 is 0 Å². The highest BCUT2D eigenvalue weighted by molar-refractivity contribution is 5.93. The van der Waals surface area contributed by atoms with Crippen LogP contribution in [0.5, 0.6) is 5.75 Å². The van der Waals surface area contributed by atoms with Gasteiger partial charge in [-0.3, -0.25) is 14.8 Å². The first-order valence-electron chi connectivity index (χ1n) is 11.1. The summed E-state index contributed by atoms with van der Waals surface area (Å²) in [6.45, 7) is 5.63. The van der Waals surface area contributed by atoms with Crippen LogP contribution in [0.3, 0.4) is 0 Å². The van der Waals surface area contributed by atoms with Crippen LogP contribution >= 0.6 is 0 Å². The molecule has 2 N–H and O–H groups in total. The van der Waals surface area contributed by atoms with Crippen molar-refractivity contribution in [2.24, 2.45) is 0 Å². The quantitative estimate of drug-likeness (QED) is 0.733. The predicted octanol–water partition coefficient (Wildman–Crippen LogP) is 2.16. The van der Waals surface area contributed by atoms with Gasteiger partial charge in [0.05, 0.1) is 37.7 Å². The number of aromatic amines is 1. The van der Waals surface area contributed by atoms with Crippen LogP contribution in [0.2, 0.25) is 0 Å². The standard InChI is InChI=1S/C23H32N4O4/c1-3-31-17-9-7-16(8-10-17)18-15-19(25-24-18)23(29)26(2)20-5-4-6-21(22(20)28)27-11-13-30-14-12-27/h7-10,15,20-22,28H,3-6,11-14H2,1-2H3,(H,24,25)/t20-,21-,22-/m1/s1. The SMILES string of the molecule is CCOc1ccc(-c2cc(C(=O)N(C)[C@@H]3CCC[C@@H](N4CCOCC4)[C@@H]3O)[nH]n2)cc1. The van der Waals surface area contributed by atoms with E-state index in [0.29, 0.717) is 31.2 Å². The molecule has 1 aliphatic carbocycles. The predicted molar refractivity (Wildman–Crippen MR) is 117 cm³/mol. The van der Waals surface area contributed by atoms with Crippen molar-refractivity contribution in [2.45, 2.75) is 44.4 Å². The van der Waals surface area contributed by atoms with Gasteiger partial charge in [0.1, 0.15) is 11.4 Å². The van der Waals surface area contributed by atoms with Gasteiger partial charge in [-0.1, -0.05) is 0 Å². The Labute approximate surface area is 183 Å². The number of ether oxygens (including phenoxy) is 2. The maximum atomic E-state index is 13.1. The van der Waals surface area contributed by atoms with Gasteiger partial charge in [0.2, 0.25) is 0 Å². The van der Waals surface area contributed by atoms with Crippen molar-refractivity contribution in [3.63, 3.8) is 0 Å². The number of carbonyl (C=O) groups is 1. The third-order valence-corrected chi connectivity index (χ3v) is 6.39. The molecule has 0 spiro atoms. The topological polar surface area (TPSA) is 90.9 Å². The summed E-state index contributed by atoms with van der Waals surface area (Å²) in [4.78, 5) is 17.1. The first-order chi connectivity index (χ1) is 15.1. The molecule has 31 heavy (non-hydrogen) atoms. The molecular weight excluding hydrogens is 396 g/mol. The summed E-state index contributed by atoms with van der Waals surface area (Å²) in [5.74, 6) is 0.648. The largest absolute Gasteiger partial charge is 0.494 e. The number of H-pyrrole nitrogens is 1. The normalized spacial score (nSPS) is 24.7. The monoisotopic (exact) mass is 428 g/mol. The first-order valence-corrected chi connectivity index (χ1v) is 11.1. The minimum absolute atomic E-state index is 0.0686. The molecule has 4 rings (SSSR count). The number of nitrogens with zero attached hydrogens (tertiary/aromatic N) is 3. The lowest BCUT2D eigenvalue weighted by molar-refractivity contribution is -0.0614. The molecule has 3 atom stereocenters. The molecule has 168 valence electrons. The van der Waals surface area contributed by atoms with E-state index in [1.165, 1.54) is 0 Å². The highest BCUT2D eigenvalue weighted by Crippen LogP contribution is 2.28. The Morgan fingerprint density at radius 2 is 2.03 bits per heavy atom. The van der Waals surface area contributed by atoms with Gasteiger partial charge in [-0.15, -0.1) is 0 Å². The number of hydrogen-bond acceptors (Lipinski definition) is 6. The Kier molecular flexibility index (Phi) is 6.89. The summed E-state index contributed by atoms with van der Waals surface area (Å²) in [5.41, 5.74) is 2.04. The minimum atomic E-state index is -0.575. The molecule has 1 aromatic carbocycles. The highest BCUT2D eigenvalue weighted by Gasteiger charge is 2.39. The summed E-state index contributed by atoms with van der Waals surface area (Å²) in [6, 6.07) is 9.26. The lowest BCUT2D eigenvalue weighted by atomic mass is 9.86. The Morgan fingerprint density at radius 1 is 1.29 bits per heavy atom. The average molecular weight is 429 g/mol. The van der Waals surface area contributed by atoms with Crippen LogP contribution in [0.1, 0.15) is 36.7 Å². The van der Waals surface area contributed by atoms with E-state index in [1.807, 2.05) is 31.2 Å². The summed E-state index contributed by atoms with van der Waals surface area (Å²) in [5, 5.41) is 18.3. The van der Waals surface area contributed by atoms with Gasteiger partial charge < -0.3 is 19.5 Å². The van der Waals surface area contributed by atoms with Gasteiger partial charge in [0, 0.05) is 31.7 Å². The first kappa shape index (κ1) is 21.8.